The van der Waals surface area contributed by atoms with Gasteiger partial charge in [-0.3, -0.25) is 9.59 Å². The lowest BCUT2D eigenvalue weighted by atomic mass is 9.88. The molecule has 4 nitrogen and oxygen atoms in total. The number of carbonyl (C=O) groups is 2. The van der Waals surface area contributed by atoms with Gasteiger partial charge in [0.05, 0.1) is 0 Å². The zero-order chi connectivity index (χ0) is 13.2. The smallest absolute Gasteiger partial charge is 0.245 e. The van der Waals surface area contributed by atoms with Gasteiger partial charge in [-0.2, -0.15) is 0 Å². The summed E-state index contributed by atoms with van der Waals surface area (Å²) >= 11 is 0. The van der Waals surface area contributed by atoms with Gasteiger partial charge < -0.3 is 10.2 Å². The molecule has 1 aliphatic heterocycles. The van der Waals surface area contributed by atoms with E-state index in [1.807, 2.05) is 11.8 Å². The van der Waals surface area contributed by atoms with Crippen molar-refractivity contribution in [3.63, 3.8) is 0 Å². The van der Waals surface area contributed by atoms with Crippen LogP contribution in [-0.2, 0) is 9.59 Å². The van der Waals surface area contributed by atoms with Crippen LogP contribution in [0.4, 0.5) is 0 Å². The molecule has 1 rings (SSSR count). The Morgan fingerprint density at radius 3 is 2.18 bits per heavy atom. The molecule has 0 radical (unpaired) electrons. The van der Waals surface area contributed by atoms with E-state index in [4.69, 9.17) is 0 Å². The summed E-state index contributed by atoms with van der Waals surface area (Å²) in [5.74, 6) is 0.0235. The van der Waals surface area contributed by atoms with Crippen LogP contribution in [0.5, 0.6) is 0 Å². The van der Waals surface area contributed by atoms with Gasteiger partial charge in [0.15, 0.2) is 0 Å². The van der Waals surface area contributed by atoms with Crippen LogP contribution in [0.3, 0.4) is 0 Å². The first-order valence-electron chi connectivity index (χ1n) is 6.54. The van der Waals surface area contributed by atoms with Gasteiger partial charge in [-0.1, -0.05) is 20.8 Å². The molecule has 2 atom stereocenters. The molecule has 17 heavy (non-hydrogen) atoms. The summed E-state index contributed by atoms with van der Waals surface area (Å²) in [4.78, 5) is 26.1. The minimum atomic E-state index is -0.400. The third kappa shape index (κ3) is 2.31. The van der Waals surface area contributed by atoms with Crippen molar-refractivity contribution in [1.82, 2.24) is 10.2 Å². The first-order chi connectivity index (χ1) is 7.91. The highest BCUT2D eigenvalue weighted by Gasteiger charge is 2.45. The summed E-state index contributed by atoms with van der Waals surface area (Å²) in [7, 11) is 0. The van der Waals surface area contributed by atoms with Gasteiger partial charge in [-0.05, 0) is 33.1 Å². The fourth-order valence-electron chi connectivity index (χ4n) is 2.45. The number of nitrogens with zero attached hydrogens (tertiary/aromatic N) is 1. The normalized spacial score (nSPS) is 26.1. The van der Waals surface area contributed by atoms with E-state index in [2.05, 4.69) is 26.1 Å². The number of rotatable bonds is 4. The molecule has 0 aromatic carbocycles. The monoisotopic (exact) mass is 240 g/mol. The van der Waals surface area contributed by atoms with E-state index in [1.165, 1.54) is 0 Å². The summed E-state index contributed by atoms with van der Waals surface area (Å²) in [6.07, 6.45) is 2.40. The quantitative estimate of drug-likeness (QED) is 0.813. The Bertz CT molecular complexity index is 311. The predicted molar refractivity (Wildman–Crippen MR) is 67.5 cm³/mol. The second-order valence-corrected chi connectivity index (χ2v) is 5.07. The average molecular weight is 240 g/mol. The molecule has 1 N–H and O–H groups in total. The number of hydrogen-bond acceptors (Lipinski definition) is 2. The second kappa shape index (κ2) is 5.07. The van der Waals surface area contributed by atoms with E-state index in [0.717, 1.165) is 12.8 Å². The van der Waals surface area contributed by atoms with Crippen molar-refractivity contribution in [1.29, 1.82) is 0 Å². The van der Waals surface area contributed by atoms with E-state index in [9.17, 15) is 9.59 Å². The van der Waals surface area contributed by atoms with Crippen molar-refractivity contribution in [2.24, 2.45) is 0 Å². The largest absolute Gasteiger partial charge is 0.343 e. The van der Waals surface area contributed by atoms with Crippen molar-refractivity contribution in [2.75, 3.05) is 0 Å². The first kappa shape index (κ1) is 14.0. The number of carbonyl (C=O) groups excluding carboxylic acids is 2. The maximum Gasteiger partial charge on any atom is 0.245 e. The van der Waals surface area contributed by atoms with Crippen molar-refractivity contribution in [3.8, 4) is 0 Å². The van der Waals surface area contributed by atoms with Gasteiger partial charge in [0.25, 0.3) is 0 Å². The maximum atomic E-state index is 12.3. The molecule has 2 amide bonds. The molecule has 1 heterocycles. The Kier molecular flexibility index (Phi) is 4.17. The van der Waals surface area contributed by atoms with E-state index in [1.54, 1.807) is 6.92 Å². The van der Waals surface area contributed by atoms with Gasteiger partial charge in [-0.15, -0.1) is 0 Å². The molecule has 4 heteroatoms. The first-order valence-corrected chi connectivity index (χ1v) is 6.54. The van der Waals surface area contributed by atoms with Gasteiger partial charge >= 0.3 is 0 Å². The molecular weight excluding hydrogens is 216 g/mol. The molecule has 2 unspecified atom stereocenters. The zero-order valence-corrected chi connectivity index (χ0v) is 11.5. The molecule has 0 saturated carbocycles. The summed E-state index contributed by atoms with van der Waals surface area (Å²) in [5, 5.41) is 2.75. The molecule has 98 valence electrons. The molecule has 1 aliphatic rings. The lowest BCUT2D eigenvalue weighted by Gasteiger charge is -2.48. The van der Waals surface area contributed by atoms with E-state index < -0.39 is 6.04 Å². The van der Waals surface area contributed by atoms with E-state index in [-0.39, 0.29) is 23.4 Å². The van der Waals surface area contributed by atoms with Crippen molar-refractivity contribution >= 4 is 11.8 Å². The Hall–Kier alpha value is -1.06. The van der Waals surface area contributed by atoms with Crippen LogP contribution in [-0.4, -0.2) is 34.3 Å². The van der Waals surface area contributed by atoms with Crippen LogP contribution in [0.15, 0.2) is 0 Å². The molecule has 0 aromatic rings. The van der Waals surface area contributed by atoms with Gasteiger partial charge in [0, 0.05) is 5.54 Å². The summed E-state index contributed by atoms with van der Waals surface area (Å²) in [6, 6.07) is -0.716. The molecule has 0 spiro atoms. The average Bonchev–Trinajstić information content (AvgIpc) is 2.32. The molecule has 0 bridgehead atoms. The van der Waals surface area contributed by atoms with Crippen molar-refractivity contribution in [2.45, 2.75) is 71.5 Å². The highest BCUT2D eigenvalue weighted by atomic mass is 16.2. The number of hydrogen-bond donors (Lipinski definition) is 1. The van der Waals surface area contributed by atoms with Crippen LogP contribution in [0.1, 0.15) is 53.9 Å². The number of amides is 2. The minimum absolute atomic E-state index is 0.0206. The SMILES string of the molecule is CCC1C(=O)NC(C)C(=O)N1C(C)(CC)CC. The Morgan fingerprint density at radius 1 is 1.24 bits per heavy atom. The van der Waals surface area contributed by atoms with Crippen molar-refractivity contribution in [3.05, 3.63) is 0 Å². The summed E-state index contributed by atoms with van der Waals surface area (Å²) in [6.45, 7) is 9.91. The van der Waals surface area contributed by atoms with Crippen LogP contribution in [0, 0.1) is 0 Å². The summed E-state index contributed by atoms with van der Waals surface area (Å²) < 4.78 is 0. The molecule has 1 fully saturated rings. The van der Waals surface area contributed by atoms with E-state index >= 15 is 0 Å². The van der Waals surface area contributed by atoms with Crippen molar-refractivity contribution < 1.29 is 9.59 Å². The fourth-order valence-corrected chi connectivity index (χ4v) is 2.45. The summed E-state index contributed by atoms with van der Waals surface area (Å²) in [5.41, 5.74) is -0.218. The van der Waals surface area contributed by atoms with Crippen LogP contribution < -0.4 is 5.32 Å². The zero-order valence-electron chi connectivity index (χ0n) is 11.5. The Labute approximate surface area is 104 Å². The van der Waals surface area contributed by atoms with Crippen LogP contribution in [0.25, 0.3) is 0 Å². The predicted octanol–water partition coefficient (Wildman–Crippen LogP) is 1.69. The third-order valence-electron chi connectivity index (χ3n) is 4.07. The van der Waals surface area contributed by atoms with Crippen LogP contribution >= 0.6 is 0 Å². The minimum Gasteiger partial charge on any atom is -0.343 e. The Balaban J connectivity index is 3.13. The highest BCUT2D eigenvalue weighted by Crippen LogP contribution is 2.29. The number of nitrogens with one attached hydrogen (secondary N) is 1. The molecule has 1 saturated heterocycles. The van der Waals surface area contributed by atoms with Gasteiger partial charge in [0.1, 0.15) is 12.1 Å². The van der Waals surface area contributed by atoms with Gasteiger partial charge in [-0.25, -0.2) is 0 Å². The van der Waals surface area contributed by atoms with Crippen LogP contribution in [0.2, 0.25) is 0 Å². The second-order valence-electron chi connectivity index (χ2n) is 5.07. The number of piperazine rings is 1. The lowest BCUT2D eigenvalue weighted by Crippen LogP contribution is -2.68. The highest BCUT2D eigenvalue weighted by molar-refractivity contribution is 5.97. The van der Waals surface area contributed by atoms with Gasteiger partial charge in [0.2, 0.25) is 11.8 Å². The third-order valence-corrected chi connectivity index (χ3v) is 4.07. The lowest BCUT2D eigenvalue weighted by molar-refractivity contribution is -0.156. The standard InChI is InChI=1S/C13H24N2O2/c1-6-10-11(16)14-9(4)12(17)15(10)13(5,7-2)8-3/h9-10H,6-8H2,1-5H3,(H,14,16). The molecule has 0 aliphatic carbocycles. The molecular formula is C13H24N2O2. The topological polar surface area (TPSA) is 49.4 Å². The fraction of sp³-hybridized carbons (Fsp3) is 0.846. The molecule has 0 aromatic heterocycles. The Morgan fingerprint density at radius 2 is 1.76 bits per heavy atom. The maximum absolute atomic E-state index is 12.3. The van der Waals surface area contributed by atoms with E-state index in [0.29, 0.717) is 6.42 Å².